The van der Waals surface area contributed by atoms with Crippen LogP contribution in [0, 0.1) is 0 Å². The predicted molar refractivity (Wildman–Crippen MR) is 238 cm³/mol. The summed E-state index contributed by atoms with van der Waals surface area (Å²) in [5.41, 5.74) is 11.6. The second kappa shape index (κ2) is 13.2. The Morgan fingerprint density at radius 1 is 0.373 bits per heavy atom. The van der Waals surface area contributed by atoms with E-state index < -0.39 is 0 Å². The van der Waals surface area contributed by atoms with Crippen LogP contribution in [0.3, 0.4) is 0 Å². The van der Waals surface area contributed by atoms with Gasteiger partial charge in [0.15, 0.2) is 17.2 Å². The second-order valence-electron chi connectivity index (χ2n) is 14.7. The van der Waals surface area contributed by atoms with Crippen LogP contribution in [0.15, 0.2) is 199 Å². The minimum absolute atomic E-state index is 0.535. The van der Waals surface area contributed by atoms with Crippen molar-refractivity contribution in [2.75, 3.05) is 0 Å². The molecule has 0 aliphatic heterocycles. The molecule has 0 amide bonds. The van der Waals surface area contributed by atoms with Gasteiger partial charge in [0.25, 0.3) is 0 Å². The molecule has 0 unspecified atom stereocenters. The van der Waals surface area contributed by atoms with Gasteiger partial charge in [-0.15, -0.1) is 0 Å². The van der Waals surface area contributed by atoms with E-state index in [1.165, 1.54) is 0 Å². The number of nitrogens with zero attached hydrogens (tertiary/aromatic N) is 6. The first kappa shape index (κ1) is 33.0. The van der Waals surface area contributed by atoms with E-state index in [9.17, 15) is 0 Å². The first-order valence-electron chi connectivity index (χ1n) is 19.7. The van der Waals surface area contributed by atoms with E-state index in [-0.39, 0.29) is 0 Å². The van der Waals surface area contributed by atoms with Crippen molar-refractivity contribution < 1.29 is 4.42 Å². The predicted octanol–water partition coefficient (Wildman–Crippen LogP) is 12.9. The van der Waals surface area contributed by atoms with Gasteiger partial charge in [0, 0.05) is 43.9 Å². The average molecular weight is 757 g/mol. The highest BCUT2D eigenvalue weighted by Gasteiger charge is 2.24. The van der Waals surface area contributed by atoms with Crippen molar-refractivity contribution in [3.8, 4) is 57.0 Å². The van der Waals surface area contributed by atoms with Crippen molar-refractivity contribution in [3.63, 3.8) is 0 Å². The van der Waals surface area contributed by atoms with Gasteiger partial charge in [0.1, 0.15) is 5.52 Å². The molecule has 12 rings (SSSR count). The molecular weight excluding hydrogens is 725 g/mol. The Morgan fingerprint density at radius 2 is 0.949 bits per heavy atom. The molecule has 0 radical (unpaired) electrons. The van der Waals surface area contributed by atoms with Crippen LogP contribution in [0.1, 0.15) is 0 Å². The summed E-state index contributed by atoms with van der Waals surface area (Å²) in [4.78, 5) is 20.8. The molecule has 0 atom stereocenters. The molecule has 0 spiro atoms. The summed E-state index contributed by atoms with van der Waals surface area (Å²) in [5.74, 6) is 2.30. The summed E-state index contributed by atoms with van der Waals surface area (Å²) in [6.45, 7) is 0. The molecule has 4 heterocycles. The normalized spacial score (nSPS) is 11.7. The third kappa shape index (κ3) is 5.29. The van der Waals surface area contributed by atoms with Crippen molar-refractivity contribution in [3.05, 3.63) is 194 Å². The number of oxazole rings is 1. The zero-order chi connectivity index (χ0) is 38.9. The van der Waals surface area contributed by atoms with Gasteiger partial charge in [-0.1, -0.05) is 152 Å². The van der Waals surface area contributed by atoms with E-state index in [2.05, 4.69) is 149 Å². The molecule has 7 nitrogen and oxygen atoms in total. The molecule has 8 aromatic carbocycles. The second-order valence-corrected chi connectivity index (χ2v) is 14.7. The van der Waals surface area contributed by atoms with E-state index in [0.29, 0.717) is 23.5 Å². The molecule has 7 heteroatoms. The molecule has 0 fully saturated rings. The number of benzene rings is 8. The Labute approximate surface area is 338 Å². The highest BCUT2D eigenvalue weighted by atomic mass is 16.3. The van der Waals surface area contributed by atoms with Crippen molar-refractivity contribution in [2.24, 2.45) is 0 Å². The van der Waals surface area contributed by atoms with Crippen LogP contribution in [0.5, 0.6) is 0 Å². The summed E-state index contributed by atoms with van der Waals surface area (Å²) in [5, 5.41) is 4.47. The molecule has 0 saturated heterocycles. The minimum atomic E-state index is 0.535. The Balaban J connectivity index is 1.18. The summed E-state index contributed by atoms with van der Waals surface area (Å²) < 4.78 is 10.9. The van der Waals surface area contributed by atoms with Gasteiger partial charge in [-0.05, 0) is 53.6 Å². The monoisotopic (exact) mass is 756 g/mol. The standard InChI is InChI=1S/C52H32N6O/c1-3-16-33(17-4-1)37-22-7-8-25-42(37)50-54-49(34-18-5-2-6-19-34)55-52(56-50)58-45-28-13-10-24-39(45)41-31-30-40-38-23-9-12-27-44(38)57(47(40)48(41)58)36-21-15-20-35(32-36)51-53-43-26-11-14-29-46(43)59-51/h1-32H. The average Bonchev–Trinajstić information content (AvgIpc) is 4.00. The van der Waals surface area contributed by atoms with Gasteiger partial charge >= 0.3 is 0 Å². The van der Waals surface area contributed by atoms with E-state index in [4.69, 9.17) is 24.4 Å². The van der Waals surface area contributed by atoms with Crippen LogP contribution in [-0.2, 0) is 0 Å². The number of para-hydroxylation sites is 4. The molecule has 4 aromatic heterocycles. The Morgan fingerprint density at radius 3 is 1.69 bits per heavy atom. The Bertz CT molecular complexity index is 3530. The summed E-state index contributed by atoms with van der Waals surface area (Å²) in [6.07, 6.45) is 0. The molecule has 0 aliphatic carbocycles. The molecule has 0 saturated carbocycles. The third-order valence-corrected chi connectivity index (χ3v) is 11.2. The fourth-order valence-electron chi connectivity index (χ4n) is 8.60. The quantitative estimate of drug-likeness (QED) is 0.169. The lowest BCUT2D eigenvalue weighted by Gasteiger charge is -2.14. The van der Waals surface area contributed by atoms with E-state index >= 15 is 0 Å². The van der Waals surface area contributed by atoms with Crippen LogP contribution >= 0.6 is 0 Å². The van der Waals surface area contributed by atoms with Gasteiger partial charge < -0.3 is 8.98 Å². The fourth-order valence-corrected chi connectivity index (χ4v) is 8.60. The number of hydrogen-bond donors (Lipinski definition) is 0. The van der Waals surface area contributed by atoms with E-state index in [1.807, 2.05) is 54.6 Å². The minimum Gasteiger partial charge on any atom is -0.436 e. The van der Waals surface area contributed by atoms with Crippen molar-refractivity contribution in [1.29, 1.82) is 0 Å². The van der Waals surface area contributed by atoms with Gasteiger partial charge in [-0.25, -0.2) is 9.97 Å². The first-order chi connectivity index (χ1) is 29.3. The zero-order valence-electron chi connectivity index (χ0n) is 31.6. The van der Waals surface area contributed by atoms with Gasteiger partial charge in [0.05, 0.1) is 22.1 Å². The smallest absolute Gasteiger partial charge is 0.238 e. The third-order valence-electron chi connectivity index (χ3n) is 11.2. The van der Waals surface area contributed by atoms with Gasteiger partial charge in [0.2, 0.25) is 11.8 Å². The Hall–Kier alpha value is -8.16. The molecule has 276 valence electrons. The highest BCUT2D eigenvalue weighted by Crippen LogP contribution is 2.42. The van der Waals surface area contributed by atoms with Crippen LogP contribution in [0.2, 0.25) is 0 Å². The highest BCUT2D eigenvalue weighted by molar-refractivity contribution is 6.23. The van der Waals surface area contributed by atoms with Crippen molar-refractivity contribution >= 4 is 54.7 Å². The van der Waals surface area contributed by atoms with Crippen LogP contribution < -0.4 is 0 Å². The topological polar surface area (TPSA) is 74.6 Å². The zero-order valence-corrected chi connectivity index (χ0v) is 31.6. The number of fused-ring (bicyclic) bond motifs is 8. The molecule has 0 N–H and O–H groups in total. The Kier molecular flexibility index (Phi) is 7.40. The SMILES string of the molecule is c1ccc(-c2nc(-c3ccccc3-c3ccccc3)nc(-n3c4ccccc4c4ccc5c6ccccc6n(-c6cccc(-c7nc8ccccc8o7)c6)c5c43)n2)cc1. The van der Waals surface area contributed by atoms with Crippen molar-refractivity contribution in [1.82, 2.24) is 29.1 Å². The maximum Gasteiger partial charge on any atom is 0.238 e. The largest absolute Gasteiger partial charge is 0.436 e. The maximum atomic E-state index is 6.27. The molecule has 0 bridgehead atoms. The lowest BCUT2D eigenvalue weighted by Crippen LogP contribution is -2.07. The number of aromatic nitrogens is 6. The summed E-state index contributed by atoms with van der Waals surface area (Å²) >= 11 is 0. The first-order valence-corrected chi connectivity index (χ1v) is 19.7. The van der Waals surface area contributed by atoms with Crippen molar-refractivity contribution in [2.45, 2.75) is 0 Å². The molecule has 12 aromatic rings. The fraction of sp³-hybridized carbons (Fsp3) is 0. The molecular formula is C52H32N6O. The lowest BCUT2D eigenvalue weighted by atomic mass is 9.99. The summed E-state index contributed by atoms with van der Waals surface area (Å²) in [7, 11) is 0. The van der Waals surface area contributed by atoms with Gasteiger partial charge in [-0.2, -0.15) is 9.97 Å². The van der Waals surface area contributed by atoms with Crippen LogP contribution in [-0.4, -0.2) is 29.1 Å². The van der Waals surface area contributed by atoms with Gasteiger partial charge in [-0.3, -0.25) is 4.57 Å². The number of rotatable bonds is 6. The van der Waals surface area contributed by atoms with Crippen LogP contribution in [0.25, 0.3) is 112 Å². The number of hydrogen-bond acceptors (Lipinski definition) is 5. The summed E-state index contributed by atoms with van der Waals surface area (Å²) in [6, 6.07) is 66.9. The molecule has 0 aliphatic rings. The van der Waals surface area contributed by atoms with E-state index in [0.717, 1.165) is 88.2 Å². The van der Waals surface area contributed by atoms with E-state index in [1.54, 1.807) is 0 Å². The molecule has 59 heavy (non-hydrogen) atoms. The lowest BCUT2D eigenvalue weighted by molar-refractivity contribution is 0.620. The maximum absolute atomic E-state index is 6.27. The van der Waals surface area contributed by atoms with Crippen LogP contribution in [0.4, 0.5) is 0 Å².